The normalized spacial score (nSPS) is 16.2. The van der Waals surface area contributed by atoms with Crippen molar-refractivity contribution in [3.8, 4) is 0 Å². The van der Waals surface area contributed by atoms with E-state index in [1.54, 1.807) is 24.3 Å². The Hall–Kier alpha value is -2.22. The molecule has 1 heterocycles. The van der Waals surface area contributed by atoms with Crippen LogP contribution in [0.25, 0.3) is 0 Å². The molecule has 7 heteroatoms. The highest BCUT2D eigenvalue weighted by molar-refractivity contribution is 7.89. The van der Waals surface area contributed by atoms with E-state index in [1.807, 2.05) is 35.2 Å². The number of hydrogen-bond acceptors (Lipinski definition) is 5. The number of benzene rings is 2. The molecule has 0 radical (unpaired) electrons. The van der Waals surface area contributed by atoms with Crippen LogP contribution < -0.4 is 0 Å². The van der Waals surface area contributed by atoms with Gasteiger partial charge in [0.2, 0.25) is 0 Å². The fourth-order valence-electron chi connectivity index (χ4n) is 3.68. The Balaban J connectivity index is 1.78. The third-order valence-electron chi connectivity index (χ3n) is 5.24. The molecule has 2 aromatic carbocycles. The number of rotatable bonds is 8. The first-order chi connectivity index (χ1) is 14.3. The highest BCUT2D eigenvalue weighted by atomic mass is 32.2. The van der Waals surface area contributed by atoms with Gasteiger partial charge >= 0.3 is 0 Å². The van der Waals surface area contributed by atoms with Crippen LogP contribution in [0.4, 0.5) is 0 Å². The molecule has 0 spiro atoms. The van der Waals surface area contributed by atoms with E-state index in [1.165, 1.54) is 6.26 Å². The topological polar surface area (TPSA) is 66.9 Å². The first kappa shape index (κ1) is 22.5. The molecule has 1 unspecified atom stereocenters. The maximum Gasteiger partial charge on any atom is 0.254 e. The Bertz CT molecular complexity index is 923. The van der Waals surface area contributed by atoms with Crippen molar-refractivity contribution >= 4 is 15.7 Å². The molecule has 1 fully saturated rings. The third-order valence-corrected chi connectivity index (χ3v) is 6.10. The highest BCUT2D eigenvalue weighted by Crippen LogP contribution is 2.16. The lowest BCUT2D eigenvalue weighted by Crippen LogP contribution is -2.48. The van der Waals surface area contributed by atoms with Crippen LogP contribution in [0.1, 0.15) is 28.4 Å². The Labute approximate surface area is 179 Å². The molecular weight excluding hydrogens is 400 g/mol. The summed E-state index contributed by atoms with van der Waals surface area (Å²) in [4.78, 5) is 17.6. The van der Waals surface area contributed by atoms with Gasteiger partial charge in [0.15, 0.2) is 9.84 Å². The van der Waals surface area contributed by atoms with E-state index >= 15 is 0 Å². The van der Waals surface area contributed by atoms with Gasteiger partial charge in [-0.1, -0.05) is 42.5 Å². The van der Waals surface area contributed by atoms with E-state index in [9.17, 15) is 13.2 Å². The number of amides is 1. The van der Waals surface area contributed by atoms with Gasteiger partial charge in [-0.05, 0) is 30.2 Å². The average molecular weight is 431 g/mol. The summed E-state index contributed by atoms with van der Waals surface area (Å²) < 4.78 is 28.5. The monoisotopic (exact) mass is 430 g/mol. The van der Waals surface area contributed by atoms with Crippen molar-refractivity contribution < 1.29 is 17.9 Å². The van der Waals surface area contributed by atoms with Crippen molar-refractivity contribution in [1.82, 2.24) is 9.80 Å². The van der Waals surface area contributed by atoms with Gasteiger partial charge in [0, 0.05) is 44.0 Å². The molecule has 30 heavy (non-hydrogen) atoms. The lowest BCUT2D eigenvalue weighted by Gasteiger charge is -2.35. The Kier molecular flexibility index (Phi) is 7.64. The van der Waals surface area contributed by atoms with Crippen molar-refractivity contribution in [2.24, 2.45) is 0 Å². The Morgan fingerprint density at radius 3 is 2.27 bits per heavy atom. The molecule has 1 saturated heterocycles. The smallest absolute Gasteiger partial charge is 0.254 e. The first-order valence-corrected chi connectivity index (χ1v) is 12.3. The summed E-state index contributed by atoms with van der Waals surface area (Å²) in [6.07, 6.45) is 1.21. The molecule has 3 rings (SSSR count). The number of hydrogen-bond donors (Lipinski definition) is 0. The van der Waals surface area contributed by atoms with E-state index in [4.69, 9.17) is 4.74 Å². The zero-order valence-corrected chi connectivity index (χ0v) is 18.5. The molecule has 162 valence electrons. The first-order valence-electron chi connectivity index (χ1n) is 10.2. The molecule has 1 atom stereocenters. The molecule has 0 bridgehead atoms. The van der Waals surface area contributed by atoms with Crippen LogP contribution in [-0.2, 0) is 26.9 Å². The summed E-state index contributed by atoms with van der Waals surface area (Å²) in [6, 6.07) is 16.9. The zero-order chi connectivity index (χ0) is 21.6. The van der Waals surface area contributed by atoms with E-state index in [0.29, 0.717) is 17.7 Å². The third kappa shape index (κ3) is 6.65. The number of sulfone groups is 1. The SMILES string of the molecule is CC(CN1CCOCC1)N(Cc1ccccc1)C(=O)c1ccc(CS(C)(=O)=O)cc1. The largest absolute Gasteiger partial charge is 0.379 e. The summed E-state index contributed by atoms with van der Waals surface area (Å²) in [7, 11) is -3.11. The summed E-state index contributed by atoms with van der Waals surface area (Å²) in [5.41, 5.74) is 2.33. The van der Waals surface area contributed by atoms with Crippen LogP contribution in [0.2, 0.25) is 0 Å². The van der Waals surface area contributed by atoms with E-state index < -0.39 is 9.84 Å². The van der Waals surface area contributed by atoms with Gasteiger partial charge in [-0.3, -0.25) is 9.69 Å². The second-order valence-corrected chi connectivity index (χ2v) is 10.1. The predicted molar refractivity (Wildman–Crippen MR) is 118 cm³/mol. The maximum atomic E-state index is 13.4. The highest BCUT2D eigenvalue weighted by Gasteiger charge is 2.24. The van der Waals surface area contributed by atoms with Crippen molar-refractivity contribution in [2.75, 3.05) is 39.1 Å². The standard InChI is InChI=1S/C23H30N2O4S/c1-19(16-24-12-14-29-15-13-24)25(17-20-6-4-3-5-7-20)23(26)22-10-8-21(9-11-22)18-30(2,27)28/h3-11,19H,12-18H2,1-2H3. The van der Waals surface area contributed by atoms with Crippen LogP contribution >= 0.6 is 0 Å². The van der Waals surface area contributed by atoms with Gasteiger partial charge in [0.05, 0.1) is 19.0 Å². The van der Waals surface area contributed by atoms with Crippen LogP contribution in [0.5, 0.6) is 0 Å². The minimum atomic E-state index is -3.11. The summed E-state index contributed by atoms with van der Waals surface area (Å²) in [6.45, 7) is 6.58. The summed E-state index contributed by atoms with van der Waals surface area (Å²) in [5.74, 6) is -0.0756. The van der Waals surface area contributed by atoms with E-state index in [2.05, 4.69) is 11.8 Å². The number of ether oxygens (including phenoxy) is 1. The zero-order valence-electron chi connectivity index (χ0n) is 17.7. The number of morpholine rings is 1. The molecule has 0 aliphatic carbocycles. The van der Waals surface area contributed by atoms with Gasteiger partial charge in [0.1, 0.15) is 0 Å². The van der Waals surface area contributed by atoms with Crippen LogP contribution in [0.3, 0.4) is 0 Å². The van der Waals surface area contributed by atoms with Gasteiger partial charge in [-0.15, -0.1) is 0 Å². The van der Waals surface area contributed by atoms with Gasteiger partial charge in [-0.2, -0.15) is 0 Å². The second kappa shape index (κ2) is 10.2. The predicted octanol–water partition coefficient (Wildman–Crippen LogP) is 2.59. The van der Waals surface area contributed by atoms with Crippen molar-refractivity contribution in [2.45, 2.75) is 25.3 Å². The quantitative estimate of drug-likeness (QED) is 0.644. The molecule has 1 aliphatic rings. The fourth-order valence-corrected chi connectivity index (χ4v) is 4.47. The summed E-state index contributed by atoms with van der Waals surface area (Å²) >= 11 is 0. The molecular formula is C23H30N2O4S. The minimum Gasteiger partial charge on any atom is -0.379 e. The molecule has 0 N–H and O–H groups in total. The lowest BCUT2D eigenvalue weighted by atomic mass is 10.1. The van der Waals surface area contributed by atoms with E-state index in [0.717, 1.165) is 38.4 Å². The van der Waals surface area contributed by atoms with Crippen molar-refractivity contribution in [1.29, 1.82) is 0 Å². The summed E-state index contributed by atoms with van der Waals surface area (Å²) in [5, 5.41) is 0. The van der Waals surface area contributed by atoms with Crippen molar-refractivity contribution in [3.05, 3.63) is 71.3 Å². The van der Waals surface area contributed by atoms with Gasteiger partial charge < -0.3 is 9.64 Å². The Morgan fingerprint density at radius 2 is 1.67 bits per heavy atom. The number of carbonyl (C=O) groups is 1. The van der Waals surface area contributed by atoms with Crippen LogP contribution in [0, 0.1) is 0 Å². The number of carbonyl (C=O) groups excluding carboxylic acids is 1. The van der Waals surface area contributed by atoms with Crippen LogP contribution in [0.15, 0.2) is 54.6 Å². The second-order valence-electron chi connectivity index (χ2n) is 7.95. The molecule has 2 aromatic rings. The Morgan fingerprint density at radius 1 is 1.03 bits per heavy atom. The minimum absolute atomic E-state index is 0.0199. The fraction of sp³-hybridized carbons (Fsp3) is 0.435. The van der Waals surface area contributed by atoms with Crippen LogP contribution in [-0.4, -0.2) is 69.3 Å². The molecule has 1 aliphatic heterocycles. The molecule has 0 aromatic heterocycles. The van der Waals surface area contributed by atoms with Gasteiger partial charge in [-0.25, -0.2) is 8.42 Å². The van der Waals surface area contributed by atoms with E-state index in [-0.39, 0.29) is 17.7 Å². The molecule has 6 nitrogen and oxygen atoms in total. The molecule has 0 saturated carbocycles. The molecule has 1 amide bonds. The lowest BCUT2D eigenvalue weighted by molar-refractivity contribution is 0.0228. The van der Waals surface area contributed by atoms with Crippen molar-refractivity contribution in [3.63, 3.8) is 0 Å². The maximum absolute atomic E-state index is 13.4. The van der Waals surface area contributed by atoms with Gasteiger partial charge in [0.25, 0.3) is 5.91 Å². The number of nitrogens with zero attached hydrogens (tertiary/aromatic N) is 2. The average Bonchev–Trinajstić information content (AvgIpc) is 2.72.